The third-order valence-corrected chi connectivity index (χ3v) is 10.3. The summed E-state index contributed by atoms with van der Waals surface area (Å²) < 4.78 is 51.4. The van der Waals surface area contributed by atoms with E-state index in [2.05, 4.69) is 0 Å². The third kappa shape index (κ3) is 7.70. The van der Waals surface area contributed by atoms with Crippen molar-refractivity contribution in [2.45, 2.75) is 61.9 Å². The molecule has 0 aliphatic carbocycles. The van der Waals surface area contributed by atoms with Gasteiger partial charge >= 0.3 is 16.0 Å². The van der Waals surface area contributed by atoms with Crippen LogP contribution in [0.15, 0.2) is 48.5 Å². The molecular weight excluding hydrogens is 641 g/mol. The van der Waals surface area contributed by atoms with Gasteiger partial charge in [0.05, 0.1) is 12.7 Å². The van der Waals surface area contributed by atoms with Crippen LogP contribution in [0.4, 0.5) is 0 Å². The minimum Gasteiger partial charge on any atom is -0.388 e. The molecule has 232 valence electrons. The number of phosphoric ester groups is 1. The Hall–Kier alpha value is -0.800. The molecule has 2 aromatic carbocycles. The summed E-state index contributed by atoms with van der Waals surface area (Å²) in [7, 11) is -8.29. The van der Waals surface area contributed by atoms with Crippen molar-refractivity contribution in [2.75, 3.05) is 19.8 Å². The number of halogens is 2. The number of hydrogen-bond acceptors (Lipinski definition) is 13. The molecule has 3 saturated heterocycles. The van der Waals surface area contributed by atoms with Crippen LogP contribution < -0.4 is 0 Å². The molecule has 42 heavy (non-hydrogen) atoms. The normalized spacial score (nSPS) is 38.2. The molecule has 0 radical (unpaired) electrons. The lowest BCUT2D eigenvalue weighted by atomic mass is 9.96. The maximum absolute atomic E-state index is 13.3. The predicted octanol–water partition coefficient (Wildman–Crippen LogP) is 3.63. The van der Waals surface area contributed by atoms with Crippen LogP contribution in [0.1, 0.15) is 36.2 Å². The van der Waals surface area contributed by atoms with Crippen LogP contribution in [0.2, 0.25) is 10.0 Å². The van der Waals surface area contributed by atoms with Crippen molar-refractivity contribution in [1.29, 1.82) is 0 Å². The van der Waals surface area contributed by atoms with E-state index in [0.717, 1.165) is 0 Å². The Kier molecular flexibility index (Phi) is 10.6. The quantitative estimate of drug-likeness (QED) is 0.257. The average Bonchev–Trinajstić information content (AvgIpc) is 2.96. The standard InChI is InChI=1S/C25H31Cl2O13P2/c26-16-5-1-3-14(11-16)19-7-9-34-41(32,38-19)36-13-18(28)24-22(30)21(29)23(31)25(37-24)40-42(33)35-10-8-20(39-42)15-4-2-6-17(27)12-15/h1-6,11-12,18-25,28-32H,7-10,13H2/q+1/t18-,19+,20-,21+,22+,23+,24-,25-,41?,42-/m1/s1. The van der Waals surface area contributed by atoms with Gasteiger partial charge in [0.15, 0.2) is 6.29 Å². The predicted molar refractivity (Wildman–Crippen MR) is 148 cm³/mol. The molecule has 0 aromatic heterocycles. The van der Waals surface area contributed by atoms with Crippen molar-refractivity contribution in [2.24, 2.45) is 0 Å². The van der Waals surface area contributed by atoms with E-state index in [1.54, 1.807) is 48.5 Å². The smallest absolute Gasteiger partial charge is 0.388 e. The second-order valence-corrected chi connectivity index (χ2v) is 14.0. The van der Waals surface area contributed by atoms with Gasteiger partial charge in [-0.3, -0.25) is 13.6 Å². The Morgan fingerprint density at radius 3 is 2.26 bits per heavy atom. The maximum Gasteiger partial charge on any atom is 0.573 e. The fourth-order valence-electron chi connectivity index (χ4n) is 4.69. The summed E-state index contributed by atoms with van der Waals surface area (Å²) in [5.41, 5.74) is 1.31. The molecule has 10 atom stereocenters. The Morgan fingerprint density at radius 1 is 0.952 bits per heavy atom. The highest BCUT2D eigenvalue weighted by molar-refractivity contribution is 7.55. The van der Waals surface area contributed by atoms with E-state index in [-0.39, 0.29) is 13.2 Å². The van der Waals surface area contributed by atoms with Gasteiger partial charge in [-0.2, -0.15) is 13.9 Å². The Balaban J connectivity index is 1.22. The molecule has 0 bridgehead atoms. The number of aliphatic hydroxyl groups is 4. The first-order chi connectivity index (χ1) is 20.0. The van der Waals surface area contributed by atoms with E-state index >= 15 is 0 Å². The van der Waals surface area contributed by atoms with Crippen LogP contribution in [0.5, 0.6) is 0 Å². The number of hydrogen-bond donors (Lipinski definition) is 5. The van der Waals surface area contributed by atoms with Crippen molar-refractivity contribution in [1.82, 2.24) is 0 Å². The zero-order chi connectivity index (χ0) is 30.1. The Labute approximate surface area is 252 Å². The largest absolute Gasteiger partial charge is 0.573 e. The number of aliphatic hydroxyl groups excluding tert-OH is 4. The molecule has 1 unspecified atom stereocenters. The molecule has 3 aliphatic heterocycles. The van der Waals surface area contributed by atoms with E-state index in [4.69, 9.17) is 55.1 Å². The summed E-state index contributed by atoms with van der Waals surface area (Å²) in [4.78, 5) is 10.8. The first-order valence-electron chi connectivity index (χ1n) is 13.0. The Morgan fingerprint density at radius 2 is 1.60 bits per heavy atom. The van der Waals surface area contributed by atoms with Crippen molar-refractivity contribution < 1.29 is 61.8 Å². The van der Waals surface area contributed by atoms with Crippen LogP contribution >= 0.6 is 39.2 Å². The highest BCUT2D eigenvalue weighted by atomic mass is 35.5. The van der Waals surface area contributed by atoms with E-state index in [1.165, 1.54) is 0 Å². The molecule has 0 amide bonds. The van der Waals surface area contributed by atoms with Gasteiger partial charge in [0.2, 0.25) is 0 Å². The fourth-order valence-corrected chi connectivity index (χ4v) is 7.98. The van der Waals surface area contributed by atoms with Crippen molar-refractivity contribution in [3.8, 4) is 0 Å². The Bertz CT molecular complexity index is 1280. The van der Waals surface area contributed by atoms with E-state index in [0.29, 0.717) is 34.0 Å². The molecule has 3 heterocycles. The van der Waals surface area contributed by atoms with Crippen LogP contribution in [0.25, 0.3) is 0 Å². The molecule has 13 nitrogen and oxygen atoms in total. The van der Waals surface area contributed by atoms with Crippen molar-refractivity contribution in [3.05, 3.63) is 69.7 Å². The molecule has 3 aliphatic rings. The van der Waals surface area contributed by atoms with Gasteiger partial charge in [-0.15, -0.1) is 4.52 Å². The molecule has 17 heteroatoms. The van der Waals surface area contributed by atoms with Gasteiger partial charge in [-0.05, 0) is 35.4 Å². The molecule has 3 fully saturated rings. The second-order valence-electron chi connectivity index (χ2n) is 9.87. The first-order valence-corrected chi connectivity index (χ1v) is 16.8. The van der Waals surface area contributed by atoms with Crippen LogP contribution in [-0.4, -0.2) is 82.0 Å². The zero-order valence-corrected chi connectivity index (χ0v) is 25.2. The van der Waals surface area contributed by atoms with Crippen molar-refractivity contribution >= 4 is 39.2 Å². The van der Waals surface area contributed by atoms with E-state index in [1.807, 2.05) is 0 Å². The second kappa shape index (κ2) is 13.7. The van der Waals surface area contributed by atoms with E-state index in [9.17, 15) is 29.9 Å². The topological polar surface area (TPSA) is 183 Å². The molecule has 5 N–H and O–H groups in total. The number of rotatable bonds is 8. The summed E-state index contributed by atoms with van der Waals surface area (Å²) in [6, 6.07) is 13.6. The molecule has 2 aromatic rings. The van der Waals surface area contributed by atoms with Gasteiger partial charge < -0.3 is 25.2 Å². The van der Waals surface area contributed by atoms with Gasteiger partial charge in [0, 0.05) is 22.9 Å². The SMILES string of the molecule is O=[P@@]1(O[C@H]2O[C@H]([C@H](O)CO[P+]3(O)OCC[C@@H](c4cccc(Cl)c4)O3)[C@@H](O)[C@H](O)[C@@H]2O)OCC[C@H](c2cccc(Cl)c2)O1. The van der Waals surface area contributed by atoms with Gasteiger partial charge in [0.25, 0.3) is 0 Å². The number of benzene rings is 2. The lowest BCUT2D eigenvalue weighted by Gasteiger charge is -2.42. The first kappa shape index (κ1) is 32.6. The average molecular weight is 672 g/mol. The lowest BCUT2D eigenvalue weighted by Crippen LogP contribution is -2.61. The molecule has 5 rings (SSSR count). The van der Waals surface area contributed by atoms with Crippen LogP contribution in [0, 0.1) is 0 Å². The highest BCUT2D eigenvalue weighted by Crippen LogP contribution is 2.64. The minimum absolute atomic E-state index is 0.0270. The van der Waals surface area contributed by atoms with Gasteiger partial charge in [-0.25, -0.2) is 4.57 Å². The van der Waals surface area contributed by atoms with Gasteiger partial charge in [0.1, 0.15) is 49.8 Å². The molecule has 0 spiro atoms. The number of phosphoric acid groups is 1. The summed E-state index contributed by atoms with van der Waals surface area (Å²) in [6.45, 7) is -0.613. The minimum atomic E-state index is -4.36. The summed E-state index contributed by atoms with van der Waals surface area (Å²) in [5, 5.41) is 43.2. The summed E-state index contributed by atoms with van der Waals surface area (Å²) in [5.74, 6) is 0. The fraction of sp³-hybridized carbons (Fsp3) is 0.520. The zero-order valence-electron chi connectivity index (χ0n) is 21.9. The molecular formula is C25H31Cl2O13P2+. The monoisotopic (exact) mass is 671 g/mol. The summed E-state index contributed by atoms with van der Waals surface area (Å²) in [6.07, 6.45) is -11.4. The maximum atomic E-state index is 13.3. The number of ether oxygens (including phenoxy) is 1. The van der Waals surface area contributed by atoms with Gasteiger partial charge in [-0.1, -0.05) is 47.5 Å². The van der Waals surface area contributed by atoms with Crippen molar-refractivity contribution in [3.63, 3.8) is 0 Å². The summed E-state index contributed by atoms with van der Waals surface area (Å²) >= 11 is 12.1. The lowest BCUT2D eigenvalue weighted by molar-refractivity contribution is -0.294. The highest BCUT2D eigenvalue weighted by Gasteiger charge is 2.54. The van der Waals surface area contributed by atoms with Crippen LogP contribution in [-0.2, 0) is 36.4 Å². The third-order valence-electron chi connectivity index (χ3n) is 6.85. The van der Waals surface area contributed by atoms with E-state index < -0.39 is 71.6 Å². The molecule has 0 saturated carbocycles. The van der Waals surface area contributed by atoms with Crippen LogP contribution in [0.3, 0.4) is 0 Å².